The number of benzene rings is 2. The number of aryl methyl sites for hydroxylation is 3. The summed E-state index contributed by atoms with van der Waals surface area (Å²) < 4.78 is 0. The van der Waals surface area contributed by atoms with E-state index in [4.69, 9.17) is 0 Å². The van der Waals surface area contributed by atoms with E-state index in [1.54, 1.807) is 16.7 Å². The highest BCUT2D eigenvalue weighted by atomic mass is 14.2. The average Bonchev–Trinajstić information content (AvgIpc) is 2.53. The van der Waals surface area contributed by atoms with Crippen LogP contribution in [0.4, 0.5) is 0 Å². The van der Waals surface area contributed by atoms with Crippen LogP contribution in [-0.2, 0) is 19.3 Å². The van der Waals surface area contributed by atoms with Crippen LogP contribution >= 0.6 is 0 Å². The van der Waals surface area contributed by atoms with Gasteiger partial charge in [0.1, 0.15) is 0 Å². The Morgan fingerprint density at radius 1 is 0.955 bits per heavy atom. The van der Waals surface area contributed by atoms with Crippen molar-refractivity contribution in [1.29, 1.82) is 0 Å². The van der Waals surface area contributed by atoms with E-state index < -0.39 is 0 Å². The van der Waals surface area contributed by atoms with Crippen LogP contribution in [0.1, 0.15) is 73.3 Å². The van der Waals surface area contributed by atoms with E-state index >= 15 is 0 Å². The maximum absolute atomic E-state index is 2.46. The molecule has 0 spiro atoms. The quantitative estimate of drug-likeness (QED) is 0.609. The van der Waals surface area contributed by atoms with E-state index in [1.807, 2.05) is 0 Å². The fourth-order valence-electron chi connectivity index (χ4n) is 3.85. The third-order valence-corrected chi connectivity index (χ3v) is 5.47. The van der Waals surface area contributed by atoms with Crippen LogP contribution in [-0.4, -0.2) is 0 Å². The number of rotatable bonds is 6. The van der Waals surface area contributed by atoms with E-state index in [0.29, 0.717) is 11.8 Å². The van der Waals surface area contributed by atoms with Gasteiger partial charge in [-0.05, 0) is 71.8 Å². The molecule has 0 N–H and O–H groups in total. The predicted octanol–water partition coefficient (Wildman–Crippen LogP) is 6.04. The molecule has 2 aromatic carbocycles. The molecule has 1 aliphatic carbocycles. The van der Waals surface area contributed by atoms with E-state index in [9.17, 15) is 0 Å². The fourth-order valence-corrected chi connectivity index (χ4v) is 3.85. The van der Waals surface area contributed by atoms with Crippen molar-refractivity contribution in [2.45, 2.75) is 64.7 Å². The Kier molecular flexibility index (Phi) is 4.66. The monoisotopic (exact) mass is 292 g/mol. The first kappa shape index (κ1) is 15.3. The summed E-state index contributed by atoms with van der Waals surface area (Å²) in [6.45, 7) is 7.01. The molecule has 0 fully saturated rings. The van der Waals surface area contributed by atoms with E-state index in [1.165, 1.54) is 36.8 Å². The maximum atomic E-state index is 2.46. The van der Waals surface area contributed by atoms with Gasteiger partial charge in [0.05, 0.1) is 0 Å². The van der Waals surface area contributed by atoms with E-state index in [0.717, 1.165) is 6.42 Å². The van der Waals surface area contributed by atoms with Gasteiger partial charge in [-0.1, -0.05) is 63.2 Å². The van der Waals surface area contributed by atoms with Crippen LogP contribution in [0.5, 0.6) is 0 Å². The van der Waals surface area contributed by atoms with Gasteiger partial charge in [-0.3, -0.25) is 0 Å². The molecule has 0 saturated carbocycles. The van der Waals surface area contributed by atoms with Crippen LogP contribution < -0.4 is 0 Å². The van der Waals surface area contributed by atoms with Crippen LogP contribution in [0.25, 0.3) is 0 Å². The van der Waals surface area contributed by atoms with Crippen LogP contribution in [0, 0.1) is 0 Å². The fraction of sp³-hybridized carbons (Fsp3) is 0.455. The van der Waals surface area contributed by atoms with Crippen molar-refractivity contribution in [3.05, 3.63) is 70.3 Å². The molecule has 2 unspecified atom stereocenters. The van der Waals surface area contributed by atoms with Crippen LogP contribution in [0.3, 0.4) is 0 Å². The minimum absolute atomic E-state index is 0.640. The minimum Gasteiger partial charge on any atom is -0.0648 e. The normalized spacial score (nSPS) is 15.8. The van der Waals surface area contributed by atoms with Crippen molar-refractivity contribution >= 4 is 0 Å². The molecular formula is C22H28. The van der Waals surface area contributed by atoms with E-state index in [2.05, 4.69) is 63.2 Å². The van der Waals surface area contributed by atoms with Crippen molar-refractivity contribution in [2.75, 3.05) is 0 Å². The summed E-state index contributed by atoms with van der Waals surface area (Å²) in [6, 6.07) is 16.2. The third-order valence-electron chi connectivity index (χ3n) is 5.47. The minimum atomic E-state index is 0.640. The molecule has 3 rings (SSSR count). The lowest BCUT2D eigenvalue weighted by Gasteiger charge is -2.25. The Labute approximate surface area is 135 Å². The first-order chi connectivity index (χ1) is 10.7. The molecule has 2 aromatic rings. The summed E-state index contributed by atoms with van der Waals surface area (Å²) in [4.78, 5) is 0. The highest BCUT2D eigenvalue weighted by Crippen LogP contribution is 2.35. The van der Waals surface area contributed by atoms with Gasteiger partial charge < -0.3 is 0 Å². The summed E-state index contributed by atoms with van der Waals surface area (Å²) in [5.41, 5.74) is 7.79. The highest BCUT2D eigenvalue weighted by molar-refractivity contribution is 5.40. The van der Waals surface area contributed by atoms with Crippen LogP contribution in [0.15, 0.2) is 42.5 Å². The summed E-state index contributed by atoms with van der Waals surface area (Å²) in [5.74, 6) is 1.32. The Balaban J connectivity index is 1.78. The average molecular weight is 292 g/mol. The molecule has 0 heteroatoms. The Bertz CT molecular complexity index is 638. The molecule has 0 aromatic heterocycles. The Morgan fingerprint density at radius 2 is 1.73 bits per heavy atom. The molecule has 0 radical (unpaired) electrons. The molecule has 0 heterocycles. The lowest BCUT2D eigenvalue weighted by atomic mass is 9.80. The molecule has 1 aliphatic rings. The van der Waals surface area contributed by atoms with Gasteiger partial charge in [0.25, 0.3) is 0 Å². The van der Waals surface area contributed by atoms with Crippen molar-refractivity contribution < 1.29 is 0 Å². The summed E-state index contributed by atoms with van der Waals surface area (Å²) in [5, 5.41) is 0. The second-order valence-electron chi connectivity index (χ2n) is 6.82. The van der Waals surface area contributed by atoms with Crippen LogP contribution in [0.2, 0.25) is 0 Å². The number of fused-ring (bicyclic) bond motifs is 1. The SMILES string of the molecule is CCc1ccccc1C(CC)CC(C)c1ccc2c(c1)CC2. The summed E-state index contributed by atoms with van der Waals surface area (Å²) in [7, 11) is 0. The smallest absolute Gasteiger partial charge is 0.0156 e. The second kappa shape index (κ2) is 6.69. The van der Waals surface area contributed by atoms with Gasteiger partial charge in [0.15, 0.2) is 0 Å². The molecule has 0 amide bonds. The molecule has 2 atom stereocenters. The van der Waals surface area contributed by atoms with Crippen molar-refractivity contribution in [3.63, 3.8) is 0 Å². The predicted molar refractivity (Wildman–Crippen MR) is 95.7 cm³/mol. The standard InChI is InChI=1S/C22H28/c1-4-17-8-6-7-9-22(17)18(5-2)14-16(3)20-12-10-19-11-13-21(19)15-20/h6-10,12,15-16,18H,4-5,11,13-14H2,1-3H3. The lowest BCUT2D eigenvalue weighted by molar-refractivity contribution is 0.540. The van der Waals surface area contributed by atoms with Crippen molar-refractivity contribution in [1.82, 2.24) is 0 Å². The zero-order valence-corrected chi connectivity index (χ0v) is 14.2. The van der Waals surface area contributed by atoms with Gasteiger partial charge in [-0.15, -0.1) is 0 Å². The summed E-state index contributed by atoms with van der Waals surface area (Å²) >= 11 is 0. The summed E-state index contributed by atoms with van der Waals surface area (Å²) in [6.07, 6.45) is 6.19. The Morgan fingerprint density at radius 3 is 2.36 bits per heavy atom. The Hall–Kier alpha value is -1.56. The molecule has 116 valence electrons. The zero-order chi connectivity index (χ0) is 15.5. The molecule has 0 nitrogen and oxygen atoms in total. The number of hydrogen-bond donors (Lipinski definition) is 0. The first-order valence-electron chi connectivity index (χ1n) is 8.92. The second-order valence-corrected chi connectivity index (χ2v) is 6.82. The molecule has 0 bridgehead atoms. The van der Waals surface area contributed by atoms with Gasteiger partial charge in [0, 0.05) is 0 Å². The molecule has 0 aliphatic heterocycles. The van der Waals surface area contributed by atoms with Gasteiger partial charge in [0.2, 0.25) is 0 Å². The topological polar surface area (TPSA) is 0 Å². The first-order valence-corrected chi connectivity index (χ1v) is 8.92. The highest BCUT2D eigenvalue weighted by Gasteiger charge is 2.19. The molecule has 0 saturated heterocycles. The number of hydrogen-bond acceptors (Lipinski definition) is 0. The molecule has 22 heavy (non-hydrogen) atoms. The lowest BCUT2D eigenvalue weighted by Crippen LogP contribution is -2.11. The van der Waals surface area contributed by atoms with Crippen molar-refractivity contribution in [2.24, 2.45) is 0 Å². The molecular weight excluding hydrogens is 264 g/mol. The third kappa shape index (κ3) is 2.97. The van der Waals surface area contributed by atoms with E-state index in [-0.39, 0.29) is 0 Å². The van der Waals surface area contributed by atoms with Gasteiger partial charge in [-0.2, -0.15) is 0 Å². The maximum Gasteiger partial charge on any atom is -0.0156 e. The zero-order valence-electron chi connectivity index (χ0n) is 14.2. The van der Waals surface area contributed by atoms with Crippen molar-refractivity contribution in [3.8, 4) is 0 Å². The largest absolute Gasteiger partial charge is 0.0648 e. The van der Waals surface area contributed by atoms with Gasteiger partial charge in [-0.25, -0.2) is 0 Å². The van der Waals surface area contributed by atoms with Gasteiger partial charge >= 0.3 is 0 Å².